The number of carbonyl (C=O) groups excluding carboxylic acids is 1. The van der Waals surface area contributed by atoms with Gasteiger partial charge in [-0.3, -0.25) is 0 Å². The molecule has 4 nitrogen and oxygen atoms in total. The summed E-state index contributed by atoms with van der Waals surface area (Å²) in [6.45, 7) is 4.66. The van der Waals surface area contributed by atoms with Crippen molar-refractivity contribution in [2.75, 3.05) is 32.7 Å². The normalized spacial score (nSPS) is 33.1. The molecule has 1 saturated carbocycles. The van der Waals surface area contributed by atoms with E-state index >= 15 is 0 Å². The van der Waals surface area contributed by atoms with Gasteiger partial charge in [-0.15, -0.1) is 0 Å². The highest BCUT2D eigenvalue weighted by Gasteiger charge is 2.37. The van der Waals surface area contributed by atoms with Gasteiger partial charge >= 0.3 is 6.03 Å². The molecule has 2 atom stereocenters. The van der Waals surface area contributed by atoms with Gasteiger partial charge in [-0.1, -0.05) is 12.8 Å². The Morgan fingerprint density at radius 2 is 1.67 bits per heavy atom. The fraction of sp³-hybridized carbons (Fsp3) is 0.929. The molecule has 0 bridgehead atoms. The van der Waals surface area contributed by atoms with Gasteiger partial charge in [0.1, 0.15) is 0 Å². The Morgan fingerprint density at radius 3 is 2.50 bits per heavy atom. The standard InChI is InChI=1S/C14H25N3O/c18-14(16-10-7-15-8-11-16)17-9-3-5-12-4-1-2-6-13(12)17/h12-13,15H,1-11H2. The molecule has 0 radical (unpaired) electrons. The lowest BCUT2D eigenvalue weighted by atomic mass is 9.78. The molecular weight excluding hydrogens is 226 g/mol. The Balaban J connectivity index is 1.67. The lowest BCUT2D eigenvalue weighted by molar-refractivity contribution is 0.0624. The molecule has 18 heavy (non-hydrogen) atoms. The SMILES string of the molecule is O=C(N1CCNCC1)N1CCCC2CCCCC21. The number of nitrogens with one attached hydrogen (secondary N) is 1. The minimum Gasteiger partial charge on any atom is -0.322 e. The number of amides is 2. The van der Waals surface area contributed by atoms with Crippen molar-refractivity contribution in [3.63, 3.8) is 0 Å². The summed E-state index contributed by atoms with van der Waals surface area (Å²) in [4.78, 5) is 16.9. The van der Waals surface area contributed by atoms with Crippen LogP contribution in [0, 0.1) is 5.92 Å². The molecule has 0 aromatic rings. The van der Waals surface area contributed by atoms with E-state index in [-0.39, 0.29) is 0 Å². The van der Waals surface area contributed by atoms with E-state index in [1.165, 1.54) is 38.5 Å². The van der Waals surface area contributed by atoms with Crippen LogP contribution < -0.4 is 5.32 Å². The van der Waals surface area contributed by atoms with Crippen molar-refractivity contribution < 1.29 is 4.79 Å². The number of piperazine rings is 1. The van der Waals surface area contributed by atoms with Crippen LogP contribution in [0.4, 0.5) is 4.79 Å². The van der Waals surface area contributed by atoms with Gasteiger partial charge in [0, 0.05) is 38.8 Å². The topological polar surface area (TPSA) is 35.6 Å². The molecular formula is C14H25N3O. The maximum atomic E-state index is 12.6. The van der Waals surface area contributed by atoms with E-state index in [0.29, 0.717) is 12.1 Å². The summed E-state index contributed by atoms with van der Waals surface area (Å²) in [7, 11) is 0. The van der Waals surface area contributed by atoms with Crippen molar-refractivity contribution in [2.24, 2.45) is 5.92 Å². The number of likely N-dealkylation sites (tertiary alicyclic amines) is 1. The molecule has 2 aliphatic heterocycles. The van der Waals surface area contributed by atoms with Gasteiger partial charge in [-0.25, -0.2) is 4.79 Å². The molecule has 0 aromatic carbocycles. The van der Waals surface area contributed by atoms with Crippen LogP contribution in [0.3, 0.4) is 0 Å². The molecule has 0 aromatic heterocycles. The fourth-order valence-corrected chi connectivity index (χ4v) is 3.90. The minimum atomic E-state index is 0.313. The maximum absolute atomic E-state index is 12.6. The number of nitrogens with zero attached hydrogens (tertiary/aromatic N) is 2. The molecule has 2 unspecified atom stereocenters. The highest BCUT2D eigenvalue weighted by molar-refractivity contribution is 5.75. The van der Waals surface area contributed by atoms with E-state index in [2.05, 4.69) is 10.2 Å². The third kappa shape index (κ3) is 2.35. The first kappa shape index (κ1) is 12.3. The number of carbonyl (C=O) groups is 1. The molecule has 102 valence electrons. The number of hydrogen-bond donors (Lipinski definition) is 1. The van der Waals surface area contributed by atoms with E-state index in [0.717, 1.165) is 38.6 Å². The molecule has 4 heteroatoms. The van der Waals surface area contributed by atoms with Gasteiger partial charge in [0.2, 0.25) is 0 Å². The Bertz CT molecular complexity index is 299. The van der Waals surface area contributed by atoms with Crippen molar-refractivity contribution in [1.82, 2.24) is 15.1 Å². The molecule has 3 rings (SSSR count). The first-order chi connectivity index (χ1) is 8.86. The van der Waals surface area contributed by atoms with E-state index < -0.39 is 0 Å². The Kier molecular flexibility index (Phi) is 3.73. The number of piperidine rings is 1. The Labute approximate surface area is 110 Å². The van der Waals surface area contributed by atoms with Gasteiger partial charge in [0.25, 0.3) is 0 Å². The van der Waals surface area contributed by atoms with Crippen molar-refractivity contribution in [2.45, 2.75) is 44.6 Å². The van der Waals surface area contributed by atoms with Gasteiger partial charge in [-0.05, 0) is 31.6 Å². The second-order valence-electron chi connectivity index (χ2n) is 5.97. The van der Waals surface area contributed by atoms with Crippen LogP contribution in [-0.2, 0) is 0 Å². The molecule has 1 aliphatic carbocycles. The van der Waals surface area contributed by atoms with Crippen LogP contribution in [-0.4, -0.2) is 54.6 Å². The second-order valence-corrected chi connectivity index (χ2v) is 5.97. The predicted octanol–water partition coefficient (Wildman–Crippen LogP) is 1.67. The average Bonchev–Trinajstić information content (AvgIpc) is 2.47. The van der Waals surface area contributed by atoms with Gasteiger partial charge < -0.3 is 15.1 Å². The highest BCUT2D eigenvalue weighted by atomic mass is 16.2. The maximum Gasteiger partial charge on any atom is 0.320 e. The van der Waals surface area contributed by atoms with Crippen LogP contribution in [0.5, 0.6) is 0 Å². The summed E-state index contributed by atoms with van der Waals surface area (Å²) in [6, 6.07) is 0.864. The lowest BCUT2D eigenvalue weighted by Gasteiger charge is -2.46. The van der Waals surface area contributed by atoms with Crippen LogP contribution in [0.15, 0.2) is 0 Å². The van der Waals surface area contributed by atoms with Crippen molar-refractivity contribution in [1.29, 1.82) is 0 Å². The highest BCUT2D eigenvalue weighted by Crippen LogP contribution is 2.35. The molecule has 0 spiro atoms. The van der Waals surface area contributed by atoms with Crippen LogP contribution in [0.25, 0.3) is 0 Å². The molecule has 2 heterocycles. The lowest BCUT2D eigenvalue weighted by Crippen LogP contribution is -2.57. The average molecular weight is 251 g/mol. The Hall–Kier alpha value is -0.770. The summed E-state index contributed by atoms with van der Waals surface area (Å²) in [5.74, 6) is 0.791. The summed E-state index contributed by atoms with van der Waals surface area (Å²) in [5, 5.41) is 3.32. The summed E-state index contributed by atoms with van der Waals surface area (Å²) in [6.07, 6.45) is 7.82. The summed E-state index contributed by atoms with van der Waals surface area (Å²) in [5.41, 5.74) is 0. The second kappa shape index (κ2) is 5.47. The van der Waals surface area contributed by atoms with E-state index in [4.69, 9.17) is 0 Å². The first-order valence-corrected chi connectivity index (χ1v) is 7.62. The largest absolute Gasteiger partial charge is 0.322 e. The predicted molar refractivity (Wildman–Crippen MR) is 71.5 cm³/mol. The zero-order valence-corrected chi connectivity index (χ0v) is 11.2. The third-order valence-electron chi connectivity index (χ3n) is 4.88. The Morgan fingerprint density at radius 1 is 0.944 bits per heavy atom. The third-order valence-corrected chi connectivity index (χ3v) is 4.88. The van der Waals surface area contributed by atoms with E-state index in [1.807, 2.05) is 4.90 Å². The van der Waals surface area contributed by atoms with Crippen LogP contribution >= 0.6 is 0 Å². The van der Waals surface area contributed by atoms with E-state index in [9.17, 15) is 4.79 Å². The first-order valence-electron chi connectivity index (χ1n) is 7.62. The number of urea groups is 1. The number of rotatable bonds is 0. The molecule has 3 aliphatic rings. The van der Waals surface area contributed by atoms with Gasteiger partial charge in [0.05, 0.1) is 0 Å². The fourth-order valence-electron chi connectivity index (χ4n) is 3.90. The van der Waals surface area contributed by atoms with Crippen molar-refractivity contribution >= 4 is 6.03 Å². The minimum absolute atomic E-state index is 0.313. The molecule has 3 fully saturated rings. The van der Waals surface area contributed by atoms with Gasteiger partial charge in [-0.2, -0.15) is 0 Å². The molecule has 2 saturated heterocycles. The number of fused-ring (bicyclic) bond motifs is 1. The van der Waals surface area contributed by atoms with E-state index in [1.54, 1.807) is 0 Å². The van der Waals surface area contributed by atoms with Crippen molar-refractivity contribution in [3.8, 4) is 0 Å². The van der Waals surface area contributed by atoms with Crippen molar-refractivity contribution in [3.05, 3.63) is 0 Å². The quantitative estimate of drug-likeness (QED) is 0.711. The molecule has 2 amide bonds. The number of hydrogen-bond acceptors (Lipinski definition) is 2. The summed E-state index contributed by atoms with van der Waals surface area (Å²) < 4.78 is 0. The monoisotopic (exact) mass is 251 g/mol. The van der Waals surface area contributed by atoms with Gasteiger partial charge in [0.15, 0.2) is 0 Å². The zero-order chi connectivity index (χ0) is 12.4. The summed E-state index contributed by atoms with van der Waals surface area (Å²) >= 11 is 0. The van der Waals surface area contributed by atoms with Crippen LogP contribution in [0.1, 0.15) is 38.5 Å². The molecule has 1 N–H and O–H groups in total. The zero-order valence-electron chi connectivity index (χ0n) is 11.2. The smallest absolute Gasteiger partial charge is 0.320 e. The van der Waals surface area contributed by atoms with Crippen LogP contribution in [0.2, 0.25) is 0 Å².